The highest BCUT2D eigenvalue weighted by atomic mass is 16.5. The lowest BCUT2D eigenvalue weighted by atomic mass is 9.91. The van der Waals surface area contributed by atoms with Gasteiger partial charge in [-0.25, -0.2) is 0 Å². The summed E-state index contributed by atoms with van der Waals surface area (Å²) in [5, 5.41) is 18.7. The molecule has 0 aliphatic heterocycles. The SMILES string of the molecule is COc1cc(C2(C(=O)O)CC2)c(C=O)cc1O. The monoisotopic (exact) mass is 236 g/mol. The predicted molar refractivity (Wildman–Crippen MR) is 58.6 cm³/mol. The number of carboxylic acids is 1. The second-order valence-electron chi connectivity index (χ2n) is 4.12. The number of aldehydes is 1. The van der Waals surface area contributed by atoms with Gasteiger partial charge in [0.2, 0.25) is 0 Å². The molecule has 0 aromatic heterocycles. The molecule has 0 amide bonds. The molecule has 1 aliphatic rings. The second kappa shape index (κ2) is 3.76. The van der Waals surface area contributed by atoms with Gasteiger partial charge in [-0.05, 0) is 30.5 Å². The molecule has 2 rings (SSSR count). The maximum Gasteiger partial charge on any atom is 0.314 e. The highest BCUT2D eigenvalue weighted by Gasteiger charge is 2.53. The van der Waals surface area contributed by atoms with E-state index in [2.05, 4.69) is 0 Å². The number of carbonyl (C=O) groups excluding carboxylic acids is 1. The van der Waals surface area contributed by atoms with Crippen molar-refractivity contribution in [3.8, 4) is 11.5 Å². The molecular formula is C12H12O5. The van der Waals surface area contributed by atoms with Crippen LogP contribution in [0, 0.1) is 0 Å². The molecule has 0 atom stereocenters. The van der Waals surface area contributed by atoms with E-state index in [0.717, 1.165) is 0 Å². The number of aromatic hydroxyl groups is 1. The molecule has 1 aromatic carbocycles. The van der Waals surface area contributed by atoms with E-state index in [1.54, 1.807) is 0 Å². The summed E-state index contributed by atoms with van der Waals surface area (Å²) in [6.07, 6.45) is 1.55. The van der Waals surface area contributed by atoms with E-state index in [9.17, 15) is 19.8 Å². The Labute approximate surface area is 97.6 Å². The van der Waals surface area contributed by atoms with Crippen molar-refractivity contribution in [3.05, 3.63) is 23.3 Å². The predicted octanol–water partition coefficient (Wildman–Crippen LogP) is 1.33. The fourth-order valence-corrected chi connectivity index (χ4v) is 1.98. The molecule has 1 saturated carbocycles. The number of carboxylic acid groups (broad SMARTS) is 1. The normalized spacial score (nSPS) is 16.3. The Hall–Kier alpha value is -2.04. The maximum absolute atomic E-state index is 11.2. The van der Waals surface area contributed by atoms with E-state index in [4.69, 9.17) is 4.74 Å². The van der Waals surface area contributed by atoms with Crippen LogP contribution in [0.3, 0.4) is 0 Å². The first-order valence-electron chi connectivity index (χ1n) is 5.15. The molecule has 0 bridgehead atoms. The first-order chi connectivity index (χ1) is 8.05. The summed E-state index contributed by atoms with van der Waals surface area (Å²) in [5.74, 6) is -0.939. The molecule has 0 saturated heterocycles. The van der Waals surface area contributed by atoms with E-state index in [-0.39, 0.29) is 17.1 Å². The zero-order chi connectivity index (χ0) is 12.6. The fraction of sp³-hybridized carbons (Fsp3) is 0.333. The van der Waals surface area contributed by atoms with E-state index < -0.39 is 11.4 Å². The van der Waals surface area contributed by atoms with Gasteiger partial charge in [0.05, 0.1) is 12.5 Å². The van der Waals surface area contributed by atoms with Crippen LogP contribution in [0.5, 0.6) is 11.5 Å². The van der Waals surface area contributed by atoms with Crippen molar-refractivity contribution in [2.24, 2.45) is 0 Å². The second-order valence-corrected chi connectivity index (χ2v) is 4.12. The van der Waals surface area contributed by atoms with Gasteiger partial charge in [-0.1, -0.05) is 0 Å². The van der Waals surface area contributed by atoms with Gasteiger partial charge < -0.3 is 14.9 Å². The third-order valence-corrected chi connectivity index (χ3v) is 3.15. The molecule has 90 valence electrons. The summed E-state index contributed by atoms with van der Waals surface area (Å²) in [7, 11) is 1.37. The van der Waals surface area contributed by atoms with Gasteiger partial charge in [-0.2, -0.15) is 0 Å². The van der Waals surface area contributed by atoms with Crippen LogP contribution in [0.25, 0.3) is 0 Å². The van der Waals surface area contributed by atoms with E-state index in [1.807, 2.05) is 0 Å². The molecule has 0 unspecified atom stereocenters. The van der Waals surface area contributed by atoms with Crippen LogP contribution in [-0.2, 0) is 10.2 Å². The van der Waals surface area contributed by atoms with E-state index in [0.29, 0.717) is 24.7 Å². The molecule has 17 heavy (non-hydrogen) atoms. The maximum atomic E-state index is 11.2. The number of aliphatic carboxylic acids is 1. The number of rotatable bonds is 4. The molecule has 0 spiro atoms. The summed E-state index contributed by atoms with van der Waals surface area (Å²) in [6, 6.07) is 2.67. The minimum Gasteiger partial charge on any atom is -0.504 e. The lowest BCUT2D eigenvalue weighted by molar-refractivity contribution is -0.140. The average molecular weight is 236 g/mol. The van der Waals surface area contributed by atoms with Crippen LogP contribution in [0.15, 0.2) is 12.1 Å². The van der Waals surface area contributed by atoms with Crippen LogP contribution < -0.4 is 4.74 Å². The standard InChI is InChI=1S/C12H12O5/c1-17-10-5-8(7(6-13)4-9(10)14)12(2-3-12)11(15)16/h4-6,14H,2-3H2,1H3,(H,15,16). The van der Waals surface area contributed by atoms with E-state index in [1.165, 1.54) is 19.2 Å². The molecule has 0 radical (unpaired) electrons. The largest absolute Gasteiger partial charge is 0.504 e. The smallest absolute Gasteiger partial charge is 0.314 e. The number of hydrogen-bond acceptors (Lipinski definition) is 4. The molecule has 5 nitrogen and oxygen atoms in total. The molecule has 1 aliphatic carbocycles. The first-order valence-corrected chi connectivity index (χ1v) is 5.15. The number of phenolic OH excluding ortho intramolecular Hbond substituents is 1. The van der Waals surface area contributed by atoms with Crippen LogP contribution in [0.1, 0.15) is 28.8 Å². The van der Waals surface area contributed by atoms with Crippen molar-refractivity contribution in [1.82, 2.24) is 0 Å². The van der Waals surface area contributed by atoms with E-state index >= 15 is 0 Å². The summed E-state index contributed by atoms with van der Waals surface area (Å²) < 4.78 is 4.93. The van der Waals surface area contributed by atoms with Crippen molar-refractivity contribution in [3.63, 3.8) is 0 Å². The quantitative estimate of drug-likeness (QED) is 0.770. The Morgan fingerprint density at radius 1 is 1.47 bits per heavy atom. The van der Waals surface area contributed by atoms with Crippen LogP contribution in [0.4, 0.5) is 0 Å². The highest BCUT2D eigenvalue weighted by Crippen LogP contribution is 2.51. The van der Waals surface area contributed by atoms with Crippen LogP contribution in [-0.4, -0.2) is 29.6 Å². The molecule has 5 heteroatoms. The number of methoxy groups -OCH3 is 1. The molecule has 1 aromatic rings. The minimum absolute atomic E-state index is 0.167. The number of carbonyl (C=O) groups is 2. The summed E-state index contributed by atoms with van der Waals surface area (Å²) in [5.41, 5.74) is -0.380. The van der Waals surface area contributed by atoms with Gasteiger partial charge in [-0.3, -0.25) is 9.59 Å². The minimum atomic E-state index is -0.989. The Kier molecular flexibility index (Phi) is 2.53. The van der Waals surface area contributed by atoms with Crippen molar-refractivity contribution < 1.29 is 24.5 Å². The Morgan fingerprint density at radius 3 is 2.53 bits per heavy atom. The first kappa shape index (κ1) is 11.4. The average Bonchev–Trinajstić information content (AvgIpc) is 3.09. The topological polar surface area (TPSA) is 83.8 Å². The van der Waals surface area contributed by atoms with Gasteiger partial charge in [0.25, 0.3) is 0 Å². The summed E-state index contributed by atoms with van der Waals surface area (Å²) >= 11 is 0. The van der Waals surface area contributed by atoms with Crippen molar-refractivity contribution in [1.29, 1.82) is 0 Å². The third kappa shape index (κ3) is 1.63. The lowest BCUT2D eigenvalue weighted by Gasteiger charge is -2.15. The zero-order valence-corrected chi connectivity index (χ0v) is 9.27. The molecule has 1 fully saturated rings. The zero-order valence-electron chi connectivity index (χ0n) is 9.27. The number of benzene rings is 1. The van der Waals surface area contributed by atoms with Gasteiger partial charge in [0.15, 0.2) is 17.8 Å². The van der Waals surface area contributed by atoms with Gasteiger partial charge in [0.1, 0.15) is 0 Å². The van der Waals surface area contributed by atoms with Crippen molar-refractivity contribution in [2.45, 2.75) is 18.3 Å². The Bertz CT molecular complexity index is 488. The number of hydrogen-bond donors (Lipinski definition) is 2. The van der Waals surface area contributed by atoms with Gasteiger partial charge in [-0.15, -0.1) is 0 Å². The summed E-state index contributed by atoms with van der Waals surface area (Å²) in [4.78, 5) is 22.1. The van der Waals surface area contributed by atoms with Crippen LogP contribution >= 0.6 is 0 Å². The molecule has 2 N–H and O–H groups in total. The lowest BCUT2D eigenvalue weighted by Crippen LogP contribution is -2.21. The Morgan fingerprint density at radius 2 is 2.12 bits per heavy atom. The van der Waals surface area contributed by atoms with Crippen LogP contribution in [0.2, 0.25) is 0 Å². The van der Waals surface area contributed by atoms with Crippen molar-refractivity contribution in [2.75, 3.05) is 7.11 Å². The van der Waals surface area contributed by atoms with Gasteiger partial charge >= 0.3 is 5.97 Å². The summed E-state index contributed by atoms with van der Waals surface area (Å²) in [6.45, 7) is 0. The number of ether oxygens (including phenoxy) is 1. The fourth-order valence-electron chi connectivity index (χ4n) is 1.98. The van der Waals surface area contributed by atoms with Gasteiger partial charge in [0, 0.05) is 5.56 Å². The highest BCUT2D eigenvalue weighted by molar-refractivity contribution is 5.90. The molecule has 0 heterocycles. The third-order valence-electron chi connectivity index (χ3n) is 3.15. The molecular weight excluding hydrogens is 224 g/mol. The van der Waals surface area contributed by atoms with Crippen molar-refractivity contribution >= 4 is 12.3 Å². The number of phenols is 1. The Balaban J connectivity index is 2.60.